The van der Waals surface area contributed by atoms with Gasteiger partial charge in [-0.25, -0.2) is 9.48 Å². The number of nitrogens with two attached hydrogens (primary N) is 1. The molecule has 1 fully saturated rings. The Morgan fingerprint density at radius 3 is 2.43 bits per heavy atom. The first-order valence-corrected chi connectivity index (χ1v) is 7.16. The number of aromatic nitrogens is 2. The van der Waals surface area contributed by atoms with Gasteiger partial charge in [0.15, 0.2) is 5.82 Å². The fourth-order valence-corrected chi connectivity index (χ4v) is 2.53. The van der Waals surface area contributed by atoms with E-state index in [-0.39, 0.29) is 11.6 Å². The molecule has 0 aromatic carbocycles. The molecule has 0 radical (unpaired) electrons. The molecule has 118 valence electrons. The first-order chi connectivity index (χ1) is 9.75. The van der Waals surface area contributed by atoms with Crippen molar-refractivity contribution < 1.29 is 14.6 Å². The molecule has 1 aliphatic rings. The van der Waals surface area contributed by atoms with Gasteiger partial charge in [0.05, 0.1) is 18.8 Å². The summed E-state index contributed by atoms with van der Waals surface area (Å²) in [7, 11) is 1.33. The molecule has 1 aromatic rings. The number of piperidine rings is 1. The zero-order chi connectivity index (χ0) is 15.8. The predicted molar refractivity (Wildman–Crippen MR) is 80.4 cm³/mol. The molecule has 1 aliphatic heterocycles. The van der Waals surface area contributed by atoms with Gasteiger partial charge in [-0.15, -0.1) is 0 Å². The van der Waals surface area contributed by atoms with Crippen LogP contribution in [-0.2, 0) is 10.3 Å². The van der Waals surface area contributed by atoms with Crippen molar-refractivity contribution in [3.05, 3.63) is 5.56 Å². The Kier molecular flexibility index (Phi) is 4.13. The smallest absolute Gasteiger partial charge is 0.345 e. The van der Waals surface area contributed by atoms with E-state index in [4.69, 9.17) is 10.5 Å². The zero-order valence-corrected chi connectivity index (χ0v) is 13.1. The number of esters is 1. The van der Waals surface area contributed by atoms with Crippen LogP contribution >= 0.6 is 0 Å². The van der Waals surface area contributed by atoms with Crippen molar-refractivity contribution in [3.8, 4) is 0 Å². The van der Waals surface area contributed by atoms with Crippen LogP contribution in [0, 0.1) is 0 Å². The Hall–Kier alpha value is -1.76. The van der Waals surface area contributed by atoms with Gasteiger partial charge in [-0.05, 0) is 33.6 Å². The van der Waals surface area contributed by atoms with Gasteiger partial charge in [0, 0.05) is 13.1 Å². The van der Waals surface area contributed by atoms with Crippen LogP contribution in [0.1, 0.15) is 44.0 Å². The lowest BCUT2D eigenvalue weighted by Gasteiger charge is -2.30. The first-order valence-electron chi connectivity index (χ1n) is 7.16. The molecule has 2 heterocycles. The van der Waals surface area contributed by atoms with E-state index in [1.165, 1.54) is 7.11 Å². The SMILES string of the molecule is COC(=O)c1c(N2CCC(O)CC2)nn(C(C)(C)C)c1N. The summed E-state index contributed by atoms with van der Waals surface area (Å²) in [5.74, 6) is 0.376. The van der Waals surface area contributed by atoms with Gasteiger partial charge in [0.2, 0.25) is 0 Å². The van der Waals surface area contributed by atoms with Gasteiger partial charge >= 0.3 is 5.97 Å². The maximum Gasteiger partial charge on any atom is 0.345 e. The third-order valence-electron chi connectivity index (χ3n) is 3.69. The summed E-state index contributed by atoms with van der Waals surface area (Å²) >= 11 is 0. The second kappa shape index (κ2) is 5.55. The summed E-state index contributed by atoms with van der Waals surface area (Å²) in [6.45, 7) is 7.21. The maximum atomic E-state index is 12.1. The Balaban J connectivity index is 2.46. The van der Waals surface area contributed by atoms with Crippen molar-refractivity contribution in [1.82, 2.24) is 9.78 Å². The fourth-order valence-electron chi connectivity index (χ4n) is 2.53. The van der Waals surface area contributed by atoms with Gasteiger partial charge in [-0.1, -0.05) is 0 Å². The fraction of sp³-hybridized carbons (Fsp3) is 0.714. The first kappa shape index (κ1) is 15.6. The van der Waals surface area contributed by atoms with Gasteiger partial charge in [0.1, 0.15) is 11.4 Å². The topological polar surface area (TPSA) is 93.6 Å². The van der Waals surface area contributed by atoms with E-state index in [0.29, 0.717) is 43.1 Å². The van der Waals surface area contributed by atoms with Crippen LogP contribution in [-0.4, -0.2) is 47.2 Å². The second-order valence-electron chi connectivity index (χ2n) is 6.38. The molecule has 1 aromatic heterocycles. The molecule has 0 spiro atoms. The summed E-state index contributed by atoms with van der Waals surface area (Å²) in [5.41, 5.74) is 6.10. The zero-order valence-electron chi connectivity index (χ0n) is 13.1. The van der Waals surface area contributed by atoms with Gasteiger partial charge in [-0.2, -0.15) is 5.10 Å². The van der Waals surface area contributed by atoms with E-state index in [9.17, 15) is 9.90 Å². The molecule has 21 heavy (non-hydrogen) atoms. The number of rotatable bonds is 2. The average molecular weight is 296 g/mol. The van der Waals surface area contributed by atoms with Gasteiger partial charge in [-0.3, -0.25) is 0 Å². The Labute approximate surface area is 124 Å². The molecule has 7 nitrogen and oxygen atoms in total. The Bertz CT molecular complexity index is 525. The Morgan fingerprint density at radius 1 is 1.38 bits per heavy atom. The van der Waals surface area contributed by atoms with E-state index >= 15 is 0 Å². The van der Waals surface area contributed by atoms with Crippen LogP contribution in [0.25, 0.3) is 0 Å². The standard InChI is InChI=1S/C14H24N4O3/c1-14(2,3)18-11(15)10(13(20)21-4)12(16-18)17-7-5-9(19)6-8-17/h9,19H,5-8,15H2,1-4H3. The van der Waals surface area contributed by atoms with Crippen LogP contribution < -0.4 is 10.6 Å². The summed E-state index contributed by atoms with van der Waals surface area (Å²) in [6, 6.07) is 0. The molecule has 0 amide bonds. The van der Waals surface area contributed by atoms with Crippen molar-refractivity contribution in [1.29, 1.82) is 0 Å². The average Bonchev–Trinajstić information content (AvgIpc) is 2.76. The van der Waals surface area contributed by atoms with E-state index in [1.54, 1.807) is 4.68 Å². The van der Waals surface area contributed by atoms with E-state index in [0.717, 1.165) is 0 Å². The highest BCUT2D eigenvalue weighted by atomic mass is 16.5. The number of carbonyl (C=O) groups is 1. The molecule has 0 unspecified atom stereocenters. The van der Waals surface area contributed by atoms with Crippen molar-refractivity contribution in [3.63, 3.8) is 0 Å². The minimum atomic E-state index is -0.482. The summed E-state index contributed by atoms with van der Waals surface area (Å²) < 4.78 is 6.50. The summed E-state index contributed by atoms with van der Waals surface area (Å²) in [6.07, 6.45) is 1.02. The van der Waals surface area contributed by atoms with Crippen LogP contribution in [0.4, 0.5) is 11.6 Å². The molecule has 0 saturated carbocycles. The maximum absolute atomic E-state index is 12.1. The third kappa shape index (κ3) is 2.97. The highest BCUT2D eigenvalue weighted by molar-refractivity contribution is 5.99. The lowest BCUT2D eigenvalue weighted by Crippen LogP contribution is -2.37. The van der Waals surface area contributed by atoms with Crippen LogP contribution in [0.5, 0.6) is 0 Å². The van der Waals surface area contributed by atoms with Crippen molar-refractivity contribution in [2.75, 3.05) is 30.8 Å². The van der Waals surface area contributed by atoms with Gasteiger partial charge < -0.3 is 20.5 Å². The highest BCUT2D eigenvalue weighted by Crippen LogP contribution is 2.31. The number of hydrogen-bond donors (Lipinski definition) is 2. The van der Waals surface area contributed by atoms with E-state index < -0.39 is 5.97 Å². The number of aliphatic hydroxyl groups excluding tert-OH is 1. The summed E-state index contributed by atoms with van der Waals surface area (Å²) in [4.78, 5) is 14.1. The number of anilines is 2. The van der Waals surface area contributed by atoms with Crippen LogP contribution in [0.15, 0.2) is 0 Å². The van der Waals surface area contributed by atoms with Crippen LogP contribution in [0.2, 0.25) is 0 Å². The number of ether oxygens (including phenoxy) is 1. The monoisotopic (exact) mass is 296 g/mol. The number of carbonyl (C=O) groups excluding carboxylic acids is 1. The molecule has 0 bridgehead atoms. The molecular formula is C14H24N4O3. The molecular weight excluding hydrogens is 272 g/mol. The molecule has 7 heteroatoms. The van der Waals surface area contributed by atoms with E-state index in [1.807, 2.05) is 25.7 Å². The number of nitrogen functional groups attached to an aromatic ring is 1. The van der Waals surface area contributed by atoms with Crippen molar-refractivity contribution >= 4 is 17.6 Å². The van der Waals surface area contributed by atoms with Crippen LogP contribution in [0.3, 0.4) is 0 Å². The van der Waals surface area contributed by atoms with E-state index in [2.05, 4.69) is 5.10 Å². The van der Waals surface area contributed by atoms with Crippen molar-refractivity contribution in [2.45, 2.75) is 45.3 Å². The third-order valence-corrected chi connectivity index (χ3v) is 3.69. The largest absolute Gasteiger partial charge is 0.465 e. The lowest BCUT2D eigenvalue weighted by atomic mass is 10.1. The normalized spacial score (nSPS) is 17.1. The van der Waals surface area contributed by atoms with Crippen molar-refractivity contribution in [2.24, 2.45) is 0 Å². The molecule has 2 rings (SSSR count). The number of nitrogens with zero attached hydrogens (tertiary/aromatic N) is 3. The summed E-state index contributed by atoms with van der Waals surface area (Å²) in [5, 5.41) is 14.2. The second-order valence-corrected chi connectivity index (χ2v) is 6.38. The molecule has 0 atom stereocenters. The number of aliphatic hydroxyl groups is 1. The number of methoxy groups -OCH3 is 1. The lowest BCUT2D eigenvalue weighted by molar-refractivity contribution is 0.0602. The quantitative estimate of drug-likeness (QED) is 0.790. The minimum absolute atomic E-state index is 0.287. The number of hydrogen-bond acceptors (Lipinski definition) is 6. The Morgan fingerprint density at radius 2 is 1.95 bits per heavy atom. The highest BCUT2D eigenvalue weighted by Gasteiger charge is 2.31. The molecule has 0 aliphatic carbocycles. The predicted octanol–water partition coefficient (Wildman–Crippen LogP) is 0.968. The molecule has 1 saturated heterocycles. The minimum Gasteiger partial charge on any atom is -0.465 e. The molecule has 3 N–H and O–H groups in total. The van der Waals surface area contributed by atoms with Gasteiger partial charge in [0.25, 0.3) is 0 Å².